The predicted molar refractivity (Wildman–Crippen MR) is 84.1 cm³/mol. The third kappa shape index (κ3) is 3.33. The smallest absolute Gasteiger partial charge is 0.251 e. The van der Waals surface area contributed by atoms with Gasteiger partial charge in [-0.1, -0.05) is 13.0 Å². The van der Waals surface area contributed by atoms with Gasteiger partial charge in [-0.05, 0) is 49.8 Å². The molecular formula is C16H22N2O3S. The van der Waals surface area contributed by atoms with Crippen LogP contribution < -0.4 is 5.32 Å². The number of carbonyl (C=O) groups is 1. The van der Waals surface area contributed by atoms with Crippen molar-refractivity contribution in [2.75, 3.05) is 13.1 Å². The molecule has 1 aliphatic carbocycles. The fourth-order valence-electron chi connectivity index (χ4n) is 2.81. The molecule has 0 aromatic heterocycles. The lowest BCUT2D eigenvalue weighted by Crippen LogP contribution is -2.39. The van der Waals surface area contributed by atoms with Crippen LogP contribution in [0, 0.1) is 5.92 Å². The van der Waals surface area contributed by atoms with E-state index in [9.17, 15) is 13.2 Å². The number of carbonyl (C=O) groups excluding carboxylic acids is 1. The fraction of sp³-hybridized carbons (Fsp3) is 0.562. The minimum Gasteiger partial charge on any atom is -0.349 e. The van der Waals surface area contributed by atoms with E-state index in [4.69, 9.17) is 0 Å². The first-order valence-corrected chi connectivity index (χ1v) is 9.32. The first-order valence-electron chi connectivity index (χ1n) is 7.88. The van der Waals surface area contributed by atoms with E-state index in [1.807, 2.05) is 0 Å². The molecule has 1 amide bonds. The molecule has 120 valence electrons. The maximum absolute atomic E-state index is 12.7. The van der Waals surface area contributed by atoms with Gasteiger partial charge in [-0.3, -0.25) is 4.79 Å². The predicted octanol–water partition coefficient (Wildman–Crippen LogP) is 2.00. The standard InChI is InChI=1S/C16H22N2O3S/c1-12-4-3-9-18(11-12)22(20,21)15-6-2-5-13(10-15)16(19)17-14-7-8-14/h2,5-6,10,12,14H,3-4,7-9,11H2,1H3,(H,17,19)/t12-/m1/s1. The van der Waals surface area contributed by atoms with Crippen molar-refractivity contribution in [3.05, 3.63) is 29.8 Å². The molecule has 22 heavy (non-hydrogen) atoms. The van der Waals surface area contributed by atoms with Gasteiger partial charge in [-0.15, -0.1) is 0 Å². The second-order valence-electron chi connectivity index (χ2n) is 6.39. The molecule has 0 bridgehead atoms. The van der Waals surface area contributed by atoms with Crippen molar-refractivity contribution >= 4 is 15.9 Å². The molecule has 1 aromatic carbocycles. The van der Waals surface area contributed by atoms with Crippen molar-refractivity contribution in [3.63, 3.8) is 0 Å². The van der Waals surface area contributed by atoms with Crippen molar-refractivity contribution in [3.8, 4) is 0 Å². The fourth-order valence-corrected chi connectivity index (χ4v) is 4.45. The zero-order valence-corrected chi connectivity index (χ0v) is 13.6. The number of sulfonamides is 1. The highest BCUT2D eigenvalue weighted by Crippen LogP contribution is 2.24. The SMILES string of the molecule is C[C@@H]1CCCN(S(=O)(=O)c2cccc(C(=O)NC3CC3)c2)C1. The highest BCUT2D eigenvalue weighted by atomic mass is 32.2. The van der Waals surface area contributed by atoms with Crippen LogP contribution in [0.25, 0.3) is 0 Å². The van der Waals surface area contributed by atoms with Crippen molar-refractivity contribution in [1.29, 1.82) is 0 Å². The van der Waals surface area contributed by atoms with Crippen LogP contribution in [0.3, 0.4) is 0 Å². The highest BCUT2D eigenvalue weighted by molar-refractivity contribution is 7.89. The van der Waals surface area contributed by atoms with Crippen LogP contribution in [0.2, 0.25) is 0 Å². The van der Waals surface area contributed by atoms with Gasteiger partial charge in [0.1, 0.15) is 0 Å². The summed E-state index contributed by atoms with van der Waals surface area (Å²) in [4.78, 5) is 12.3. The molecule has 5 nitrogen and oxygen atoms in total. The van der Waals surface area contributed by atoms with Gasteiger partial charge in [-0.2, -0.15) is 4.31 Å². The molecule has 6 heteroatoms. The van der Waals surface area contributed by atoms with Gasteiger partial charge in [0, 0.05) is 24.7 Å². The van der Waals surface area contributed by atoms with Crippen LogP contribution in [-0.4, -0.2) is 37.8 Å². The van der Waals surface area contributed by atoms with Crippen molar-refractivity contribution in [1.82, 2.24) is 9.62 Å². The zero-order valence-electron chi connectivity index (χ0n) is 12.8. The van der Waals surface area contributed by atoms with Crippen molar-refractivity contribution in [2.24, 2.45) is 5.92 Å². The zero-order chi connectivity index (χ0) is 15.7. The summed E-state index contributed by atoms with van der Waals surface area (Å²) in [6, 6.07) is 6.63. The molecule has 1 N–H and O–H groups in total. The van der Waals surface area contributed by atoms with Crippen LogP contribution in [0.5, 0.6) is 0 Å². The highest BCUT2D eigenvalue weighted by Gasteiger charge is 2.29. The van der Waals surface area contributed by atoms with Crippen LogP contribution >= 0.6 is 0 Å². The second kappa shape index (κ2) is 6.01. The molecule has 1 aliphatic heterocycles. The quantitative estimate of drug-likeness (QED) is 0.922. The summed E-state index contributed by atoms with van der Waals surface area (Å²) in [6.45, 7) is 3.19. The van der Waals surface area contributed by atoms with E-state index >= 15 is 0 Å². The number of amides is 1. The van der Waals surface area contributed by atoms with Gasteiger partial charge in [0.15, 0.2) is 0 Å². The minimum atomic E-state index is -3.51. The number of nitrogens with zero attached hydrogens (tertiary/aromatic N) is 1. The third-order valence-electron chi connectivity index (χ3n) is 4.27. The van der Waals surface area contributed by atoms with E-state index in [0.717, 1.165) is 25.7 Å². The molecule has 2 fully saturated rings. The molecule has 1 aromatic rings. The maximum Gasteiger partial charge on any atom is 0.251 e. The van der Waals surface area contributed by atoms with E-state index in [2.05, 4.69) is 12.2 Å². The van der Waals surface area contributed by atoms with Gasteiger partial charge < -0.3 is 5.32 Å². The number of benzene rings is 1. The Morgan fingerprint density at radius 3 is 2.73 bits per heavy atom. The molecule has 3 rings (SSSR count). The van der Waals surface area contributed by atoms with Gasteiger partial charge in [0.25, 0.3) is 5.91 Å². The van der Waals surface area contributed by atoms with Gasteiger partial charge in [-0.25, -0.2) is 8.42 Å². The Labute approximate surface area is 131 Å². The maximum atomic E-state index is 12.7. The van der Waals surface area contributed by atoms with Crippen LogP contribution in [0.15, 0.2) is 29.2 Å². The summed E-state index contributed by atoms with van der Waals surface area (Å²) in [5.41, 5.74) is 0.415. The van der Waals surface area contributed by atoms with E-state index in [0.29, 0.717) is 24.6 Å². The molecule has 1 saturated carbocycles. The molecule has 1 atom stereocenters. The largest absolute Gasteiger partial charge is 0.349 e. The average Bonchev–Trinajstić information content (AvgIpc) is 3.31. The lowest BCUT2D eigenvalue weighted by molar-refractivity contribution is 0.0951. The summed E-state index contributed by atoms with van der Waals surface area (Å²) in [6.07, 6.45) is 3.98. The second-order valence-corrected chi connectivity index (χ2v) is 8.32. The van der Waals surface area contributed by atoms with Gasteiger partial charge in [0.2, 0.25) is 10.0 Å². The van der Waals surface area contributed by atoms with Crippen molar-refractivity contribution < 1.29 is 13.2 Å². The molecule has 1 saturated heterocycles. The Hall–Kier alpha value is -1.40. The number of piperidine rings is 1. The number of hydrogen-bond acceptors (Lipinski definition) is 3. The van der Waals surface area contributed by atoms with E-state index in [1.165, 1.54) is 6.07 Å². The monoisotopic (exact) mass is 322 g/mol. The molecule has 0 unspecified atom stereocenters. The van der Waals surface area contributed by atoms with E-state index in [-0.39, 0.29) is 16.8 Å². The molecule has 2 aliphatic rings. The number of hydrogen-bond donors (Lipinski definition) is 1. The van der Waals surface area contributed by atoms with Crippen LogP contribution in [0.4, 0.5) is 0 Å². The summed E-state index contributed by atoms with van der Waals surface area (Å²) in [5.74, 6) is 0.191. The molecule has 0 radical (unpaired) electrons. The number of nitrogens with one attached hydrogen (secondary N) is 1. The first kappa shape index (κ1) is 15.5. The Morgan fingerprint density at radius 2 is 2.05 bits per heavy atom. The summed E-state index contributed by atoms with van der Waals surface area (Å²) >= 11 is 0. The summed E-state index contributed by atoms with van der Waals surface area (Å²) < 4.78 is 27.0. The van der Waals surface area contributed by atoms with Gasteiger partial charge in [0.05, 0.1) is 4.90 Å². The average molecular weight is 322 g/mol. The Bertz CT molecular complexity index is 668. The third-order valence-corrected chi connectivity index (χ3v) is 6.13. The minimum absolute atomic E-state index is 0.188. The normalized spacial score (nSPS) is 23.2. The molecular weight excluding hydrogens is 300 g/mol. The van der Waals surface area contributed by atoms with Gasteiger partial charge >= 0.3 is 0 Å². The lowest BCUT2D eigenvalue weighted by atomic mass is 10.0. The van der Waals surface area contributed by atoms with E-state index in [1.54, 1.807) is 22.5 Å². The Balaban J connectivity index is 1.82. The summed E-state index contributed by atoms with van der Waals surface area (Å²) in [7, 11) is -3.51. The Morgan fingerprint density at radius 1 is 1.27 bits per heavy atom. The van der Waals surface area contributed by atoms with E-state index < -0.39 is 10.0 Å². The summed E-state index contributed by atoms with van der Waals surface area (Å²) in [5, 5.41) is 2.89. The molecule has 1 heterocycles. The topological polar surface area (TPSA) is 66.5 Å². The molecule has 0 spiro atoms. The first-order chi connectivity index (χ1) is 10.5. The van der Waals surface area contributed by atoms with Crippen LogP contribution in [-0.2, 0) is 10.0 Å². The lowest BCUT2D eigenvalue weighted by Gasteiger charge is -2.30. The Kier molecular flexibility index (Phi) is 4.23. The van der Waals surface area contributed by atoms with Crippen molar-refractivity contribution in [2.45, 2.75) is 43.5 Å². The number of rotatable bonds is 4. The van der Waals surface area contributed by atoms with Crippen LogP contribution in [0.1, 0.15) is 43.0 Å².